The first-order valence-corrected chi connectivity index (χ1v) is 13.5. The van der Waals surface area contributed by atoms with Gasteiger partial charge in [-0.05, 0) is 67.3 Å². The van der Waals surface area contributed by atoms with E-state index in [-0.39, 0.29) is 16.7 Å². The summed E-state index contributed by atoms with van der Waals surface area (Å²) in [6, 6.07) is 19.3. The monoisotopic (exact) mass is 542 g/mol. The Kier molecular flexibility index (Phi) is 8.24. The van der Waals surface area contributed by atoms with E-state index in [1.807, 2.05) is 51.1 Å². The van der Waals surface area contributed by atoms with Crippen LogP contribution in [0.2, 0.25) is 0 Å². The van der Waals surface area contributed by atoms with Crippen molar-refractivity contribution in [1.82, 2.24) is 0 Å². The lowest BCUT2D eigenvalue weighted by Gasteiger charge is -2.28. The van der Waals surface area contributed by atoms with Gasteiger partial charge in [0.1, 0.15) is 17.3 Å². The molecule has 1 N–H and O–H groups in total. The van der Waals surface area contributed by atoms with Crippen LogP contribution in [0.3, 0.4) is 0 Å². The van der Waals surface area contributed by atoms with E-state index in [0.29, 0.717) is 28.3 Å². The molecule has 3 aromatic carbocycles. The predicted molar refractivity (Wildman–Crippen MR) is 159 cm³/mol. The van der Waals surface area contributed by atoms with Gasteiger partial charge in [0.2, 0.25) is 0 Å². The maximum absolute atomic E-state index is 13.7. The molecule has 4 rings (SSSR count). The average Bonchev–Trinajstić information content (AvgIpc) is 3.22. The quantitative estimate of drug-likeness (QED) is 0.200. The maximum Gasteiger partial charge on any atom is 0.300 e. The van der Waals surface area contributed by atoms with E-state index in [2.05, 4.69) is 18.7 Å². The molecule has 1 heterocycles. The zero-order valence-corrected chi connectivity index (χ0v) is 24.3. The molecule has 1 aliphatic heterocycles. The third-order valence-corrected chi connectivity index (χ3v) is 7.41. The number of anilines is 2. The van der Waals surface area contributed by atoms with Gasteiger partial charge in [0.15, 0.2) is 0 Å². The van der Waals surface area contributed by atoms with Gasteiger partial charge in [-0.25, -0.2) is 0 Å². The Morgan fingerprint density at radius 2 is 1.52 bits per heavy atom. The summed E-state index contributed by atoms with van der Waals surface area (Å²) < 4.78 is 11.1. The number of nitrogens with zero attached hydrogens (tertiary/aromatic N) is 2. The van der Waals surface area contributed by atoms with Crippen molar-refractivity contribution in [2.75, 3.05) is 37.1 Å². The zero-order valence-electron chi connectivity index (χ0n) is 24.3. The summed E-state index contributed by atoms with van der Waals surface area (Å²) in [5.74, 6) is -0.583. The number of methoxy groups -OCH3 is 2. The molecule has 0 spiro atoms. The summed E-state index contributed by atoms with van der Waals surface area (Å²) in [5, 5.41) is 11.7. The lowest BCUT2D eigenvalue weighted by molar-refractivity contribution is -0.132. The number of para-hydroxylation sites is 2. The predicted octanol–water partition coefficient (Wildman–Crippen LogP) is 6.47. The van der Waals surface area contributed by atoms with Crippen LogP contribution in [0.1, 0.15) is 57.4 Å². The molecule has 7 heteroatoms. The van der Waals surface area contributed by atoms with Gasteiger partial charge < -0.3 is 19.5 Å². The summed E-state index contributed by atoms with van der Waals surface area (Å²) in [4.78, 5) is 31.0. The van der Waals surface area contributed by atoms with Crippen molar-refractivity contribution in [3.8, 4) is 11.5 Å². The minimum atomic E-state index is -0.859. The highest BCUT2D eigenvalue weighted by Crippen LogP contribution is 2.45. The molecule has 0 saturated carbocycles. The van der Waals surface area contributed by atoms with E-state index in [1.54, 1.807) is 43.5 Å². The molecular weight excluding hydrogens is 504 g/mol. The number of aliphatic hydroxyl groups excluding tert-OH is 1. The smallest absolute Gasteiger partial charge is 0.300 e. The molecule has 1 aliphatic rings. The molecule has 210 valence electrons. The number of hydrogen-bond donors (Lipinski definition) is 1. The topological polar surface area (TPSA) is 79.3 Å². The van der Waals surface area contributed by atoms with Crippen molar-refractivity contribution < 1.29 is 24.2 Å². The highest BCUT2D eigenvalue weighted by molar-refractivity contribution is 6.52. The summed E-state index contributed by atoms with van der Waals surface area (Å²) in [7, 11) is 3.12. The maximum atomic E-state index is 13.7. The van der Waals surface area contributed by atoms with Crippen LogP contribution >= 0.6 is 0 Å². The first-order valence-electron chi connectivity index (χ1n) is 13.5. The summed E-state index contributed by atoms with van der Waals surface area (Å²) in [6.07, 6.45) is 0. The molecule has 1 unspecified atom stereocenters. The minimum absolute atomic E-state index is 0.0246. The summed E-state index contributed by atoms with van der Waals surface area (Å²) in [5.41, 5.74) is 3.24. The fourth-order valence-electron chi connectivity index (χ4n) is 5.28. The van der Waals surface area contributed by atoms with Gasteiger partial charge >= 0.3 is 0 Å². The fraction of sp³-hybridized carbons (Fsp3) is 0.333. The molecule has 40 heavy (non-hydrogen) atoms. The Morgan fingerprint density at radius 3 is 2.10 bits per heavy atom. The lowest BCUT2D eigenvalue weighted by atomic mass is 9.84. The Balaban J connectivity index is 1.96. The van der Waals surface area contributed by atoms with Crippen molar-refractivity contribution in [2.24, 2.45) is 0 Å². The molecule has 0 radical (unpaired) electrons. The fourth-order valence-corrected chi connectivity index (χ4v) is 5.28. The Bertz CT molecular complexity index is 1430. The second kappa shape index (κ2) is 11.5. The van der Waals surface area contributed by atoms with Crippen LogP contribution in [0.15, 0.2) is 72.3 Å². The van der Waals surface area contributed by atoms with Crippen LogP contribution in [0, 0.1) is 0 Å². The number of carbonyl (C=O) groups excluding carboxylic acids is 2. The number of Topliss-reactive ketones (excluding diaryl/α,β-unsaturated/α-hetero) is 1. The number of amides is 1. The average molecular weight is 543 g/mol. The third kappa shape index (κ3) is 5.16. The molecule has 3 aromatic rings. The van der Waals surface area contributed by atoms with Crippen molar-refractivity contribution >= 4 is 28.8 Å². The third-order valence-electron chi connectivity index (χ3n) is 7.41. The summed E-state index contributed by atoms with van der Waals surface area (Å²) >= 11 is 0. The van der Waals surface area contributed by atoms with Crippen LogP contribution in [-0.4, -0.2) is 44.1 Å². The molecule has 1 saturated heterocycles. The number of hydrogen-bond acceptors (Lipinski definition) is 6. The van der Waals surface area contributed by atoms with Crippen molar-refractivity contribution in [3.63, 3.8) is 0 Å². The molecule has 1 amide bonds. The Morgan fingerprint density at radius 1 is 0.900 bits per heavy atom. The minimum Gasteiger partial charge on any atom is -0.507 e. The molecule has 1 fully saturated rings. The van der Waals surface area contributed by atoms with Crippen LogP contribution < -0.4 is 19.3 Å². The Hall–Kier alpha value is -4.26. The van der Waals surface area contributed by atoms with Gasteiger partial charge in [-0.1, -0.05) is 45.0 Å². The van der Waals surface area contributed by atoms with Gasteiger partial charge in [0, 0.05) is 29.9 Å². The van der Waals surface area contributed by atoms with Crippen molar-refractivity contribution in [3.05, 3.63) is 89.0 Å². The van der Waals surface area contributed by atoms with Crippen LogP contribution in [0.5, 0.6) is 11.5 Å². The van der Waals surface area contributed by atoms with Crippen molar-refractivity contribution in [1.29, 1.82) is 0 Å². The standard InChI is InChI=1S/C33H38N2O5/c1-8-34(9-2)23-17-14-21(15-18-23)29-28(30(36)22-16-19-26(39-6)24(20-22)33(3,4)5)31(37)32(38)35(29)25-12-10-11-13-27(25)40-7/h10-20,29,36H,8-9H2,1-7H3/b30-28-. The molecule has 0 bridgehead atoms. The molecule has 0 aliphatic carbocycles. The van der Waals surface area contributed by atoms with Crippen LogP contribution in [0.4, 0.5) is 11.4 Å². The number of ketones is 1. The first kappa shape index (κ1) is 28.7. The SMILES string of the molecule is CCN(CC)c1ccc(C2/C(=C(/O)c3ccc(OC)c(C(C)(C)C)c3)C(=O)C(=O)N2c2ccccc2OC)cc1. The van der Waals surface area contributed by atoms with E-state index in [1.165, 1.54) is 12.0 Å². The normalized spacial score (nSPS) is 16.8. The second-order valence-corrected chi connectivity index (χ2v) is 10.8. The summed E-state index contributed by atoms with van der Waals surface area (Å²) in [6.45, 7) is 12.0. The van der Waals surface area contributed by atoms with E-state index in [9.17, 15) is 14.7 Å². The van der Waals surface area contributed by atoms with Crippen LogP contribution in [-0.2, 0) is 15.0 Å². The zero-order chi connectivity index (χ0) is 29.2. The van der Waals surface area contributed by atoms with Gasteiger partial charge in [-0.3, -0.25) is 14.5 Å². The largest absolute Gasteiger partial charge is 0.507 e. The second-order valence-electron chi connectivity index (χ2n) is 10.8. The highest BCUT2D eigenvalue weighted by Gasteiger charge is 2.47. The number of benzene rings is 3. The van der Waals surface area contributed by atoms with E-state index < -0.39 is 17.7 Å². The van der Waals surface area contributed by atoms with Gasteiger partial charge in [0.05, 0.1) is 31.5 Å². The van der Waals surface area contributed by atoms with E-state index in [4.69, 9.17) is 9.47 Å². The number of aliphatic hydroxyl groups is 1. The van der Waals surface area contributed by atoms with Crippen LogP contribution in [0.25, 0.3) is 5.76 Å². The number of rotatable bonds is 8. The van der Waals surface area contributed by atoms with Gasteiger partial charge in [-0.15, -0.1) is 0 Å². The number of carbonyl (C=O) groups is 2. The van der Waals surface area contributed by atoms with Crippen molar-refractivity contribution in [2.45, 2.75) is 46.1 Å². The van der Waals surface area contributed by atoms with Gasteiger partial charge in [-0.2, -0.15) is 0 Å². The molecule has 0 aromatic heterocycles. The Labute approximate surface area is 236 Å². The lowest BCUT2D eigenvalue weighted by Crippen LogP contribution is -2.30. The highest BCUT2D eigenvalue weighted by atomic mass is 16.5. The number of ether oxygens (including phenoxy) is 2. The van der Waals surface area contributed by atoms with E-state index in [0.717, 1.165) is 24.3 Å². The molecule has 7 nitrogen and oxygen atoms in total. The first-order chi connectivity index (χ1) is 19.1. The molecule has 1 atom stereocenters. The van der Waals surface area contributed by atoms with E-state index >= 15 is 0 Å². The van der Waals surface area contributed by atoms with Gasteiger partial charge in [0.25, 0.3) is 11.7 Å². The molecular formula is C33H38N2O5.